The first-order valence-corrected chi connectivity index (χ1v) is 13.2. The molecule has 1 amide bonds. The van der Waals surface area contributed by atoms with Crippen molar-refractivity contribution in [3.63, 3.8) is 0 Å². The van der Waals surface area contributed by atoms with E-state index in [4.69, 9.17) is 18.8 Å². The van der Waals surface area contributed by atoms with Crippen LogP contribution >= 0.6 is 11.3 Å². The summed E-state index contributed by atoms with van der Waals surface area (Å²) in [5, 5.41) is 9.89. The van der Waals surface area contributed by atoms with E-state index in [0.29, 0.717) is 18.8 Å². The van der Waals surface area contributed by atoms with E-state index in [1.165, 1.54) is 0 Å². The predicted octanol–water partition coefficient (Wildman–Crippen LogP) is 5.07. The van der Waals surface area contributed by atoms with E-state index in [1.54, 1.807) is 16.2 Å². The zero-order valence-electron chi connectivity index (χ0n) is 21.8. The first kappa shape index (κ1) is 25.7. The van der Waals surface area contributed by atoms with E-state index >= 15 is 0 Å². The van der Waals surface area contributed by atoms with Crippen molar-refractivity contribution in [2.24, 2.45) is 0 Å². The molecule has 198 valence electrons. The Morgan fingerprint density at radius 2 is 1.84 bits per heavy atom. The highest BCUT2D eigenvalue weighted by Crippen LogP contribution is 2.37. The molecule has 0 N–H and O–H groups in total. The molecular formula is C28H30N4O5S. The largest absolute Gasteiger partial charge is 0.483 e. The van der Waals surface area contributed by atoms with Gasteiger partial charge in [0.1, 0.15) is 17.1 Å². The van der Waals surface area contributed by atoms with Crippen LogP contribution in [0.1, 0.15) is 34.8 Å². The van der Waals surface area contributed by atoms with Gasteiger partial charge < -0.3 is 19.1 Å². The van der Waals surface area contributed by atoms with E-state index in [2.05, 4.69) is 21.3 Å². The van der Waals surface area contributed by atoms with Crippen LogP contribution in [0.2, 0.25) is 0 Å². The Morgan fingerprint density at radius 3 is 2.61 bits per heavy atom. The summed E-state index contributed by atoms with van der Waals surface area (Å²) in [6.07, 6.45) is 0. The molecule has 0 aliphatic carbocycles. The van der Waals surface area contributed by atoms with Gasteiger partial charge in [-0.1, -0.05) is 28.5 Å². The summed E-state index contributed by atoms with van der Waals surface area (Å²) in [6.45, 7) is 5.18. The second-order valence-corrected chi connectivity index (χ2v) is 10.3. The van der Waals surface area contributed by atoms with Gasteiger partial charge >= 0.3 is 0 Å². The Hall–Kier alpha value is -3.89. The third kappa shape index (κ3) is 5.66. The molecule has 10 heteroatoms. The van der Waals surface area contributed by atoms with Crippen LogP contribution in [0, 0.1) is 6.92 Å². The smallest absolute Gasteiger partial charge is 0.260 e. The third-order valence-electron chi connectivity index (χ3n) is 6.65. The maximum atomic E-state index is 13.0. The molecule has 2 aromatic carbocycles. The van der Waals surface area contributed by atoms with Gasteiger partial charge in [0.05, 0.1) is 6.04 Å². The number of aryl methyl sites for hydroxylation is 1. The van der Waals surface area contributed by atoms with Crippen molar-refractivity contribution in [3.8, 4) is 28.4 Å². The number of rotatable bonds is 10. The number of carbonyl (C=O) groups is 1. The maximum Gasteiger partial charge on any atom is 0.260 e. The molecule has 1 aliphatic rings. The van der Waals surface area contributed by atoms with Crippen LogP contribution in [0.5, 0.6) is 17.2 Å². The Balaban J connectivity index is 1.35. The van der Waals surface area contributed by atoms with E-state index in [9.17, 15) is 4.79 Å². The Kier molecular flexibility index (Phi) is 7.62. The van der Waals surface area contributed by atoms with Gasteiger partial charge in [0, 0.05) is 30.6 Å². The number of thiophene rings is 1. The molecule has 0 radical (unpaired) electrons. The lowest BCUT2D eigenvalue weighted by Crippen LogP contribution is -2.33. The summed E-state index contributed by atoms with van der Waals surface area (Å²) in [4.78, 5) is 17.9. The van der Waals surface area contributed by atoms with Crippen LogP contribution in [0.3, 0.4) is 0 Å². The molecule has 1 aliphatic heterocycles. The minimum absolute atomic E-state index is 0.0237. The highest BCUT2D eigenvalue weighted by molar-refractivity contribution is 7.10. The molecule has 0 bridgehead atoms. The average Bonchev–Trinajstić information content (AvgIpc) is 3.69. The fourth-order valence-electron chi connectivity index (χ4n) is 4.27. The summed E-state index contributed by atoms with van der Waals surface area (Å²) in [7, 11) is 3.80. The van der Waals surface area contributed by atoms with Gasteiger partial charge in [0.15, 0.2) is 18.1 Å². The van der Waals surface area contributed by atoms with Gasteiger partial charge in [0.2, 0.25) is 6.79 Å². The van der Waals surface area contributed by atoms with Gasteiger partial charge in [-0.25, -0.2) is 4.63 Å². The number of ether oxygens (including phenoxy) is 3. The average molecular weight is 535 g/mol. The fraction of sp³-hybridized carbons (Fsp3) is 0.321. The fourth-order valence-corrected chi connectivity index (χ4v) is 5.10. The standard InChI is InChI=1S/C28H30N4O5S/c1-18-23(30-37-29-18)15-31(3)14-22-12-20(21-8-10-25-26(13-21)36-17-35-25)7-9-24(22)34-16-28(33)32(4)19(2)27-6-5-11-38-27/h5-13,19H,14-17H2,1-4H3/t19-/m1/s1. The van der Waals surface area contributed by atoms with Crippen molar-refractivity contribution >= 4 is 17.2 Å². The second-order valence-electron chi connectivity index (χ2n) is 9.34. The minimum atomic E-state index is -0.0886. The molecule has 0 fully saturated rings. The molecule has 2 aromatic heterocycles. The zero-order chi connectivity index (χ0) is 26.6. The number of carbonyl (C=O) groups excluding carboxylic acids is 1. The normalized spacial score (nSPS) is 13.1. The first-order valence-electron chi connectivity index (χ1n) is 12.3. The maximum absolute atomic E-state index is 13.0. The van der Waals surface area contributed by atoms with Crippen LogP contribution in [-0.4, -0.2) is 53.5 Å². The molecule has 9 nitrogen and oxygen atoms in total. The quantitative estimate of drug-likeness (QED) is 0.279. The van der Waals surface area contributed by atoms with Gasteiger partial charge in [-0.05, 0) is 67.7 Å². The SMILES string of the molecule is Cc1nonc1CN(C)Cc1cc(-c2ccc3c(c2)OCO3)ccc1OCC(=O)N(C)[C@H](C)c1cccs1. The van der Waals surface area contributed by atoms with E-state index in [0.717, 1.165) is 44.5 Å². The molecule has 0 spiro atoms. The van der Waals surface area contributed by atoms with Crippen molar-refractivity contribution in [3.05, 3.63) is 75.7 Å². The molecular weight excluding hydrogens is 504 g/mol. The number of benzene rings is 2. The molecule has 5 rings (SSSR count). The van der Waals surface area contributed by atoms with Crippen LogP contribution in [0.25, 0.3) is 11.1 Å². The van der Waals surface area contributed by atoms with Crippen molar-refractivity contribution < 1.29 is 23.6 Å². The third-order valence-corrected chi connectivity index (χ3v) is 7.70. The molecule has 0 saturated carbocycles. The number of aromatic nitrogens is 2. The molecule has 38 heavy (non-hydrogen) atoms. The first-order chi connectivity index (χ1) is 18.4. The Labute approximate surface area is 225 Å². The highest BCUT2D eigenvalue weighted by atomic mass is 32.1. The van der Waals surface area contributed by atoms with Crippen LogP contribution in [-0.2, 0) is 17.9 Å². The number of likely N-dealkylation sites (N-methyl/N-ethyl adjacent to an activating group) is 1. The lowest BCUT2D eigenvalue weighted by molar-refractivity contribution is -0.133. The molecule has 1 atom stereocenters. The van der Waals surface area contributed by atoms with Gasteiger partial charge in [-0.2, -0.15) is 0 Å². The molecule has 0 unspecified atom stereocenters. The summed E-state index contributed by atoms with van der Waals surface area (Å²) in [5.41, 5.74) is 4.49. The number of hydrogen-bond donors (Lipinski definition) is 0. The number of nitrogens with zero attached hydrogens (tertiary/aromatic N) is 4. The summed E-state index contributed by atoms with van der Waals surface area (Å²) >= 11 is 1.64. The predicted molar refractivity (Wildman–Crippen MR) is 143 cm³/mol. The molecule has 0 saturated heterocycles. The van der Waals surface area contributed by atoms with Gasteiger partial charge in [-0.15, -0.1) is 11.3 Å². The summed E-state index contributed by atoms with van der Waals surface area (Å²) in [6, 6.07) is 15.9. The number of hydrogen-bond acceptors (Lipinski definition) is 9. The number of amides is 1. The lowest BCUT2D eigenvalue weighted by Gasteiger charge is -2.25. The van der Waals surface area contributed by atoms with Gasteiger partial charge in [-0.3, -0.25) is 9.69 Å². The van der Waals surface area contributed by atoms with Crippen molar-refractivity contribution in [1.29, 1.82) is 0 Å². The Bertz CT molecular complexity index is 1400. The second kappa shape index (κ2) is 11.2. The zero-order valence-corrected chi connectivity index (χ0v) is 22.7. The van der Waals surface area contributed by atoms with Crippen molar-refractivity contribution in [2.45, 2.75) is 33.0 Å². The van der Waals surface area contributed by atoms with E-state index in [1.807, 2.05) is 75.8 Å². The van der Waals surface area contributed by atoms with E-state index in [-0.39, 0.29) is 25.3 Å². The minimum Gasteiger partial charge on any atom is -0.483 e. The van der Waals surface area contributed by atoms with Crippen LogP contribution in [0.4, 0.5) is 0 Å². The van der Waals surface area contributed by atoms with Crippen LogP contribution in [0.15, 0.2) is 58.5 Å². The monoisotopic (exact) mass is 534 g/mol. The van der Waals surface area contributed by atoms with Crippen molar-refractivity contribution in [2.75, 3.05) is 27.5 Å². The Morgan fingerprint density at radius 1 is 1.05 bits per heavy atom. The molecule has 4 aromatic rings. The molecule has 3 heterocycles. The van der Waals surface area contributed by atoms with Gasteiger partial charge in [0.25, 0.3) is 5.91 Å². The van der Waals surface area contributed by atoms with Crippen molar-refractivity contribution in [1.82, 2.24) is 20.1 Å². The summed E-state index contributed by atoms with van der Waals surface area (Å²) < 4.78 is 22.0. The van der Waals surface area contributed by atoms with E-state index < -0.39 is 0 Å². The topological polar surface area (TPSA) is 90.2 Å². The highest BCUT2D eigenvalue weighted by Gasteiger charge is 2.20. The lowest BCUT2D eigenvalue weighted by atomic mass is 10.0. The summed E-state index contributed by atoms with van der Waals surface area (Å²) in [5.74, 6) is 2.03. The van der Waals surface area contributed by atoms with Crippen LogP contribution < -0.4 is 14.2 Å². The number of fused-ring (bicyclic) bond motifs is 1.